The molecule has 0 amide bonds. The van der Waals surface area contributed by atoms with Gasteiger partial charge in [-0.15, -0.1) is 0 Å². The van der Waals surface area contributed by atoms with Gasteiger partial charge in [0.1, 0.15) is 11.9 Å². The van der Waals surface area contributed by atoms with Crippen molar-refractivity contribution in [1.29, 1.82) is 0 Å². The molecular weight excluding hydrogens is 230 g/mol. The van der Waals surface area contributed by atoms with Crippen LogP contribution < -0.4 is 10.5 Å². The molecule has 1 aliphatic rings. The van der Waals surface area contributed by atoms with Crippen molar-refractivity contribution in [2.75, 3.05) is 26.4 Å². The summed E-state index contributed by atoms with van der Waals surface area (Å²) in [6.07, 6.45) is 0.886. The van der Waals surface area contributed by atoms with E-state index in [2.05, 4.69) is 6.92 Å². The van der Waals surface area contributed by atoms with Crippen molar-refractivity contribution in [1.82, 2.24) is 0 Å². The highest BCUT2D eigenvalue weighted by Crippen LogP contribution is 2.27. The average molecular weight is 251 g/mol. The lowest BCUT2D eigenvalue weighted by Crippen LogP contribution is -2.38. The summed E-state index contributed by atoms with van der Waals surface area (Å²) in [6.45, 7) is 4.59. The maximum atomic E-state index is 6.26. The third kappa shape index (κ3) is 3.22. The van der Waals surface area contributed by atoms with Crippen LogP contribution in [0.5, 0.6) is 5.75 Å². The van der Waals surface area contributed by atoms with Crippen LogP contribution in [0.1, 0.15) is 24.9 Å². The van der Waals surface area contributed by atoms with Gasteiger partial charge in [-0.3, -0.25) is 0 Å². The van der Waals surface area contributed by atoms with E-state index in [-0.39, 0.29) is 12.1 Å². The summed E-state index contributed by atoms with van der Waals surface area (Å²) in [7, 11) is 0. The minimum Gasteiger partial charge on any atom is -0.493 e. The molecule has 1 aromatic rings. The van der Waals surface area contributed by atoms with Crippen molar-refractivity contribution in [3.05, 3.63) is 29.8 Å². The molecule has 0 spiro atoms. The third-order valence-electron chi connectivity index (χ3n) is 2.98. The van der Waals surface area contributed by atoms with Crippen LogP contribution in [0.4, 0.5) is 0 Å². The first kappa shape index (κ1) is 13.3. The highest BCUT2D eigenvalue weighted by molar-refractivity contribution is 5.36. The summed E-state index contributed by atoms with van der Waals surface area (Å²) < 4.78 is 16.8. The molecular formula is C14H21NO3. The maximum Gasteiger partial charge on any atom is 0.124 e. The van der Waals surface area contributed by atoms with E-state index in [1.807, 2.05) is 24.3 Å². The van der Waals surface area contributed by atoms with Crippen molar-refractivity contribution in [2.45, 2.75) is 25.5 Å². The van der Waals surface area contributed by atoms with Crippen molar-refractivity contribution in [3.63, 3.8) is 0 Å². The molecule has 0 aromatic heterocycles. The second-order valence-corrected chi connectivity index (χ2v) is 4.40. The average Bonchev–Trinajstić information content (AvgIpc) is 2.45. The smallest absolute Gasteiger partial charge is 0.124 e. The lowest BCUT2D eigenvalue weighted by Gasteiger charge is -2.29. The standard InChI is InChI=1S/C14H21NO3/c1-2-7-17-12-6-4-3-5-11(12)14(15)13-10-16-8-9-18-13/h3-6,13-14H,2,7-10,15H2,1H3. The summed E-state index contributed by atoms with van der Waals surface area (Å²) in [5.41, 5.74) is 7.24. The highest BCUT2D eigenvalue weighted by atomic mass is 16.6. The van der Waals surface area contributed by atoms with Gasteiger partial charge < -0.3 is 19.9 Å². The van der Waals surface area contributed by atoms with Gasteiger partial charge in [-0.05, 0) is 12.5 Å². The Kier molecular flexibility index (Phi) is 4.99. The molecule has 1 aromatic carbocycles. The zero-order valence-electron chi connectivity index (χ0n) is 10.8. The lowest BCUT2D eigenvalue weighted by atomic mass is 10.0. The predicted octanol–water partition coefficient (Wildman–Crippen LogP) is 1.89. The maximum absolute atomic E-state index is 6.26. The van der Waals surface area contributed by atoms with Gasteiger partial charge in [0.25, 0.3) is 0 Å². The number of hydrogen-bond donors (Lipinski definition) is 1. The van der Waals surface area contributed by atoms with Gasteiger partial charge >= 0.3 is 0 Å². The van der Waals surface area contributed by atoms with E-state index >= 15 is 0 Å². The monoisotopic (exact) mass is 251 g/mol. The Bertz CT molecular complexity index is 364. The van der Waals surface area contributed by atoms with Gasteiger partial charge in [-0.1, -0.05) is 25.1 Å². The van der Waals surface area contributed by atoms with Crippen molar-refractivity contribution in [2.24, 2.45) is 5.73 Å². The fourth-order valence-electron chi connectivity index (χ4n) is 2.01. The van der Waals surface area contributed by atoms with Gasteiger partial charge in [0, 0.05) is 5.56 Å². The molecule has 0 bridgehead atoms. The first-order valence-corrected chi connectivity index (χ1v) is 6.49. The number of para-hydroxylation sites is 1. The van der Waals surface area contributed by atoms with E-state index in [9.17, 15) is 0 Å². The van der Waals surface area contributed by atoms with Crippen LogP contribution in [0, 0.1) is 0 Å². The molecule has 0 saturated carbocycles. The molecule has 2 rings (SSSR count). The van der Waals surface area contributed by atoms with E-state index in [4.69, 9.17) is 19.9 Å². The molecule has 1 fully saturated rings. The molecule has 1 aliphatic heterocycles. The Hall–Kier alpha value is -1.10. The Morgan fingerprint density at radius 2 is 2.22 bits per heavy atom. The van der Waals surface area contributed by atoms with Crippen LogP contribution >= 0.6 is 0 Å². The first-order valence-electron chi connectivity index (χ1n) is 6.49. The molecule has 2 atom stereocenters. The quantitative estimate of drug-likeness (QED) is 0.868. The molecule has 1 saturated heterocycles. The third-order valence-corrected chi connectivity index (χ3v) is 2.98. The minimum atomic E-state index is -0.210. The van der Waals surface area contributed by atoms with Crippen molar-refractivity contribution in [3.8, 4) is 5.75 Å². The van der Waals surface area contributed by atoms with Gasteiger partial charge in [0.2, 0.25) is 0 Å². The van der Waals surface area contributed by atoms with Crippen molar-refractivity contribution >= 4 is 0 Å². The van der Waals surface area contributed by atoms with E-state index in [1.54, 1.807) is 0 Å². The van der Waals surface area contributed by atoms with Gasteiger partial charge in [-0.2, -0.15) is 0 Å². The summed E-state index contributed by atoms with van der Waals surface area (Å²) in [4.78, 5) is 0. The number of nitrogens with two attached hydrogens (primary N) is 1. The summed E-state index contributed by atoms with van der Waals surface area (Å²) >= 11 is 0. The zero-order chi connectivity index (χ0) is 12.8. The van der Waals surface area contributed by atoms with Gasteiger partial charge in [-0.25, -0.2) is 0 Å². The fraction of sp³-hybridized carbons (Fsp3) is 0.571. The molecule has 2 unspecified atom stereocenters. The zero-order valence-corrected chi connectivity index (χ0v) is 10.8. The molecule has 18 heavy (non-hydrogen) atoms. The molecule has 0 aliphatic carbocycles. The largest absolute Gasteiger partial charge is 0.493 e. The fourth-order valence-corrected chi connectivity index (χ4v) is 2.01. The Labute approximate surface area is 108 Å². The van der Waals surface area contributed by atoms with Crippen LogP contribution in [-0.4, -0.2) is 32.5 Å². The number of rotatable bonds is 5. The second kappa shape index (κ2) is 6.73. The van der Waals surface area contributed by atoms with E-state index in [0.29, 0.717) is 26.4 Å². The lowest BCUT2D eigenvalue weighted by molar-refractivity contribution is -0.0977. The molecule has 4 heteroatoms. The molecule has 0 radical (unpaired) electrons. The van der Waals surface area contributed by atoms with Crippen LogP contribution in [0.3, 0.4) is 0 Å². The van der Waals surface area contributed by atoms with E-state index < -0.39 is 0 Å². The Morgan fingerprint density at radius 1 is 1.39 bits per heavy atom. The molecule has 100 valence electrons. The van der Waals surface area contributed by atoms with E-state index in [0.717, 1.165) is 17.7 Å². The Morgan fingerprint density at radius 3 is 2.94 bits per heavy atom. The topological polar surface area (TPSA) is 53.7 Å². The van der Waals surface area contributed by atoms with Crippen LogP contribution in [-0.2, 0) is 9.47 Å². The SMILES string of the molecule is CCCOc1ccccc1C(N)C1COCCO1. The molecule has 2 N–H and O–H groups in total. The van der Waals surface area contributed by atoms with Crippen LogP contribution in [0.25, 0.3) is 0 Å². The number of benzene rings is 1. The highest BCUT2D eigenvalue weighted by Gasteiger charge is 2.25. The minimum absolute atomic E-state index is 0.0925. The normalized spacial score (nSPS) is 21.6. The van der Waals surface area contributed by atoms with Crippen molar-refractivity contribution < 1.29 is 14.2 Å². The molecule has 4 nitrogen and oxygen atoms in total. The second-order valence-electron chi connectivity index (χ2n) is 4.40. The van der Waals surface area contributed by atoms with Gasteiger partial charge in [0.15, 0.2) is 0 Å². The number of hydrogen-bond acceptors (Lipinski definition) is 4. The summed E-state index contributed by atoms with van der Waals surface area (Å²) in [5, 5.41) is 0. The predicted molar refractivity (Wildman–Crippen MR) is 69.7 cm³/mol. The van der Waals surface area contributed by atoms with Crippen LogP contribution in [0.15, 0.2) is 24.3 Å². The van der Waals surface area contributed by atoms with E-state index in [1.165, 1.54) is 0 Å². The summed E-state index contributed by atoms with van der Waals surface area (Å²) in [6, 6.07) is 7.66. The first-order chi connectivity index (χ1) is 8.83. The van der Waals surface area contributed by atoms with Crippen LogP contribution in [0.2, 0.25) is 0 Å². The van der Waals surface area contributed by atoms with Gasteiger partial charge in [0.05, 0.1) is 32.5 Å². The summed E-state index contributed by atoms with van der Waals surface area (Å²) in [5.74, 6) is 0.848. The number of ether oxygens (including phenoxy) is 3. The Balaban J connectivity index is 2.10. The molecule has 1 heterocycles.